The number of nitrogens with zero attached hydrogens (tertiary/aromatic N) is 2. The molecule has 6 heteroatoms. The van der Waals surface area contributed by atoms with Crippen LogP contribution >= 0.6 is 0 Å². The Morgan fingerprint density at radius 2 is 1.74 bits per heavy atom. The summed E-state index contributed by atoms with van der Waals surface area (Å²) < 4.78 is 0. The van der Waals surface area contributed by atoms with Crippen molar-refractivity contribution < 1.29 is 9.59 Å². The number of guanidine groups is 1. The van der Waals surface area contributed by atoms with Gasteiger partial charge >= 0.3 is 0 Å². The lowest BCUT2D eigenvalue weighted by Gasteiger charge is -2.18. The zero-order valence-corrected chi connectivity index (χ0v) is 15.6. The van der Waals surface area contributed by atoms with Crippen molar-refractivity contribution in [2.75, 3.05) is 19.6 Å². The van der Waals surface area contributed by atoms with E-state index < -0.39 is 0 Å². The van der Waals surface area contributed by atoms with Crippen molar-refractivity contribution in [2.45, 2.75) is 19.9 Å². The van der Waals surface area contributed by atoms with Gasteiger partial charge in [0.2, 0.25) is 11.8 Å². The number of carbonyl (C=O) groups excluding carboxylic acids is 2. The van der Waals surface area contributed by atoms with Crippen LogP contribution in [0.1, 0.15) is 18.9 Å². The van der Waals surface area contributed by atoms with Crippen molar-refractivity contribution >= 4 is 17.8 Å². The second kappa shape index (κ2) is 7.55. The number of hydrogen-bond acceptors (Lipinski definition) is 3. The molecule has 0 radical (unpaired) electrons. The molecule has 1 aromatic rings. The van der Waals surface area contributed by atoms with Crippen LogP contribution in [0.4, 0.5) is 0 Å². The third-order valence-electron chi connectivity index (χ3n) is 5.80. The predicted octanol–water partition coefficient (Wildman–Crippen LogP) is 1.55. The first-order chi connectivity index (χ1) is 13.2. The molecule has 2 aliphatic carbocycles. The molecule has 6 nitrogen and oxygen atoms in total. The van der Waals surface area contributed by atoms with E-state index in [0.717, 1.165) is 18.5 Å². The minimum atomic E-state index is -0.118. The average Bonchev–Trinajstić information content (AvgIpc) is 3.36. The molecule has 0 spiro atoms. The van der Waals surface area contributed by atoms with Crippen LogP contribution < -0.4 is 10.6 Å². The van der Waals surface area contributed by atoms with Crippen LogP contribution in [0.5, 0.6) is 0 Å². The highest BCUT2D eigenvalue weighted by Crippen LogP contribution is 2.52. The van der Waals surface area contributed by atoms with Crippen LogP contribution in [-0.4, -0.2) is 42.3 Å². The number of likely N-dealkylation sites (tertiary alicyclic amines) is 1. The van der Waals surface area contributed by atoms with E-state index in [1.807, 2.05) is 37.3 Å². The van der Waals surface area contributed by atoms with Gasteiger partial charge in [-0.05, 0) is 30.7 Å². The Morgan fingerprint density at radius 3 is 2.37 bits per heavy atom. The van der Waals surface area contributed by atoms with E-state index in [-0.39, 0.29) is 35.5 Å². The molecule has 1 saturated carbocycles. The molecule has 3 aliphatic rings. The summed E-state index contributed by atoms with van der Waals surface area (Å²) >= 11 is 0. The monoisotopic (exact) mass is 366 g/mol. The summed E-state index contributed by atoms with van der Waals surface area (Å²) in [6.45, 7) is 4.23. The van der Waals surface area contributed by atoms with Crippen LogP contribution in [-0.2, 0) is 16.1 Å². The summed E-state index contributed by atoms with van der Waals surface area (Å²) in [7, 11) is 0. The summed E-state index contributed by atoms with van der Waals surface area (Å²) in [5.41, 5.74) is 1.13. The number of benzene rings is 1. The predicted molar refractivity (Wildman–Crippen MR) is 104 cm³/mol. The van der Waals surface area contributed by atoms with Gasteiger partial charge in [0.25, 0.3) is 0 Å². The topological polar surface area (TPSA) is 73.8 Å². The van der Waals surface area contributed by atoms with Gasteiger partial charge in [0.15, 0.2) is 5.96 Å². The molecule has 2 amide bonds. The maximum Gasteiger partial charge on any atom is 0.233 e. The molecular weight excluding hydrogens is 340 g/mol. The number of hydrogen-bond donors (Lipinski definition) is 2. The fourth-order valence-electron chi connectivity index (χ4n) is 4.57. The van der Waals surface area contributed by atoms with Crippen LogP contribution in [0, 0.1) is 23.7 Å². The smallest absolute Gasteiger partial charge is 0.233 e. The summed E-state index contributed by atoms with van der Waals surface area (Å²) in [5, 5.41) is 6.45. The number of amides is 2. The second-order valence-corrected chi connectivity index (χ2v) is 7.44. The molecule has 1 aromatic carbocycles. The number of nitrogens with one attached hydrogen (secondary N) is 2. The molecule has 1 heterocycles. The van der Waals surface area contributed by atoms with Crippen LogP contribution in [0.3, 0.4) is 0 Å². The summed E-state index contributed by atoms with van der Waals surface area (Å²) in [6.07, 6.45) is 5.21. The zero-order chi connectivity index (χ0) is 18.8. The number of imide groups is 1. The van der Waals surface area contributed by atoms with E-state index in [1.165, 1.54) is 4.90 Å². The molecule has 4 unspecified atom stereocenters. The third-order valence-corrected chi connectivity index (χ3v) is 5.80. The Bertz CT molecular complexity index is 744. The van der Waals surface area contributed by atoms with Crippen molar-refractivity contribution in [3.05, 3.63) is 48.0 Å². The van der Waals surface area contributed by atoms with E-state index in [2.05, 4.69) is 27.8 Å². The highest BCUT2D eigenvalue weighted by molar-refractivity contribution is 6.06. The quantitative estimate of drug-likeness (QED) is 0.347. The number of aliphatic imine (C=N–C) groups is 1. The Kier molecular flexibility index (Phi) is 4.97. The minimum absolute atomic E-state index is 0.00914. The van der Waals surface area contributed by atoms with E-state index in [9.17, 15) is 9.59 Å². The minimum Gasteiger partial charge on any atom is -0.357 e. The number of allylic oxidation sites excluding steroid dienone is 2. The summed E-state index contributed by atoms with van der Waals surface area (Å²) in [5.74, 6) is 1.01. The molecule has 4 rings (SSSR count). The van der Waals surface area contributed by atoms with Gasteiger partial charge in [-0.1, -0.05) is 42.5 Å². The molecule has 0 aromatic heterocycles. The van der Waals surface area contributed by atoms with Crippen molar-refractivity contribution in [3.63, 3.8) is 0 Å². The molecule has 4 atom stereocenters. The van der Waals surface area contributed by atoms with Gasteiger partial charge in [-0.15, -0.1) is 0 Å². The van der Waals surface area contributed by atoms with Gasteiger partial charge in [0, 0.05) is 19.6 Å². The third kappa shape index (κ3) is 3.36. The van der Waals surface area contributed by atoms with Crippen molar-refractivity contribution in [2.24, 2.45) is 28.7 Å². The molecule has 1 saturated heterocycles. The van der Waals surface area contributed by atoms with Gasteiger partial charge in [0.05, 0.1) is 18.4 Å². The van der Waals surface area contributed by atoms with Crippen LogP contribution in [0.15, 0.2) is 47.5 Å². The number of carbonyl (C=O) groups is 2. The largest absolute Gasteiger partial charge is 0.357 e. The number of fused-ring (bicyclic) bond motifs is 5. The fraction of sp³-hybridized carbons (Fsp3) is 0.476. The van der Waals surface area contributed by atoms with Crippen molar-refractivity contribution in [1.82, 2.24) is 15.5 Å². The molecule has 2 bridgehead atoms. The SMILES string of the molecule is CCNC(=NCc1ccccc1)NCCN1C(=O)C2C3C=CC(C3)C2C1=O. The normalized spacial score (nSPS) is 28.8. The molecule has 2 fully saturated rings. The van der Waals surface area contributed by atoms with E-state index in [4.69, 9.17) is 0 Å². The van der Waals surface area contributed by atoms with Gasteiger partial charge in [-0.25, -0.2) is 4.99 Å². The highest BCUT2D eigenvalue weighted by atomic mass is 16.2. The number of rotatable bonds is 6. The Morgan fingerprint density at radius 1 is 1.07 bits per heavy atom. The molecule has 1 aliphatic heterocycles. The van der Waals surface area contributed by atoms with E-state index >= 15 is 0 Å². The maximum atomic E-state index is 12.7. The first-order valence-electron chi connectivity index (χ1n) is 9.78. The maximum absolute atomic E-state index is 12.7. The lowest BCUT2D eigenvalue weighted by molar-refractivity contribution is -0.140. The summed E-state index contributed by atoms with van der Waals surface area (Å²) in [4.78, 5) is 31.4. The van der Waals surface area contributed by atoms with Crippen molar-refractivity contribution in [3.8, 4) is 0 Å². The van der Waals surface area contributed by atoms with Crippen LogP contribution in [0.25, 0.3) is 0 Å². The lowest BCUT2D eigenvalue weighted by atomic mass is 9.85. The van der Waals surface area contributed by atoms with Gasteiger partial charge in [0.1, 0.15) is 0 Å². The molecule has 27 heavy (non-hydrogen) atoms. The van der Waals surface area contributed by atoms with Crippen LogP contribution in [0.2, 0.25) is 0 Å². The van der Waals surface area contributed by atoms with Gasteiger partial charge in [-0.3, -0.25) is 14.5 Å². The van der Waals surface area contributed by atoms with Crippen molar-refractivity contribution in [1.29, 1.82) is 0 Å². The Hall–Kier alpha value is -2.63. The molecule has 142 valence electrons. The van der Waals surface area contributed by atoms with E-state index in [0.29, 0.717) is 25.6 Å². The standard InChI is InChI=1S/C21H26N4O2/c1-2-22-21(24-13-14-6-4-3-5-7-14)23-10-11-25-19(26)17-15-8-9-16(12-15)18(17)20(25)27/h3-9,15-18H,2,10-13H2,1H3,(H2,22,23,24). The molecule has 2 N–H and O–H groups in total. The first-order valence-corrected chi connectivity index (χ1v) is 9.78. The van der Waals surface area contributed by atoms with Gasteiger partial charge in [-0.2, -0.15) is 0 Å². The summed E-state index contributed by atoms with van der Waals surface area (Å²) in [6, 6.07) is 10.0. The first kappa shape index (κ1) is 17.8. The highest BCUT2D eigenvalue weighted by Gasteiger charge is 2.58. The average molecular weight is 366 g/mol. The fourth-order valence-corrected chi connectivity index (χ4v) is 4.57. The second-order valence-electron chi connectivity index (χ2n) is 7.44. The zero-order valence-electron chi connectivity index (χ0n) is 15.6. The van der Waals surface area contributed by atoms with Gasteiger partial charge < -0.3 is 10.6 Å². The lowest BCUT2D eigenvalue weighted by Crippen LogP contribution is -2.43. The Labute approximate surface area is 159 Å². The van der Waals surface area contributed by atoms with E-state index in [1.54, 1.807) is 0 Å². The molecular formula is C21H26N4O2. The Balaban J connectivity index is 1.33.